The highest BCUT2D eigenvalue weighted by atomic mass is 35.5. The van der Waals surface area contributed by atoms with Gasteiger partial charge in [0.15, 0.2) is 24.8 Å². The maximum Gasteiger partial charge on any atom is 0.259 e. The Balaban J connectivity index is 0.000000147. The van der Waals surface area contributed by atoms with Crippen LogP contribution in [0.1, 0.15) is 47.0 Å². The number of sulfone groups is 2. The molecule has 0 atom stereocenters. The Kier molecular flexibility index (Phi) is 30.8. The van der Waals surface area contributed by atoms with Crippen molar-refractivity contribution >= 4 is 158 Å². The lowest BCUT2D eigenvalue weighted by atomic mass is 10.1. The number of aromatic nitrogens is 7. The van der Waals surface area contributed by atoms with Crippen molar-refractivity contribution in [3.63, 3.8) is 0 Å². The number of nitrogens with zero attached hydrogens (tertiary/aromatic N) is 7. The topological polar surface area (TPSA) is 322 Å². The molecule has 0 aliphatic heterocycles. The minimum Gasteiger partial charge on any atom is -0.497 e. The fourth-order valence-corrected chi connectivity index (χ4v) is 14.5. The van der Waals surface area contributed by atoms with Crippen LogP contribution < -0.4 is 37.1 Å². The fraction of sp³-hybridized carbons (Fsp3) is 0.0449. The molecule has 0 saturated heterocycles. The Morgan fingerprint density at radius 2 is 0.767 bits per heavy atom. The smallest absolute Gasteiger partial charge is 0.259 e. The second kappa shape index (κ2) is 42.0. The lowest BCUT2D eigenvalue weighted by molar-refractivity contribution is 0.101. The van der Waals surface area contributed by atoms with Crippen molar-refractivity contribution in [3.05, 3.63) is 367 Å². The van der Waals surface area contributed by atoms with E-state index in [4.69, 9.17) is 80.1 Å². The van der Waals surface area contributed by atoms with E-state index >= 15 is 0 Å². The van der Waals surface area contributed by atoms with Crippen molar-refractivity contribution < 1.29 is 40.8 Å². The lowest BCUT2D eigenvalue weighted by Gasteiger charge is -2.11. The third kappa shape index (κ3) is 24.9. The molecule has 0 saturated carbocycles. The van der Waals surface area contributed by atoms with Gasteiger partial charge in [-0.3, -0.25) is 44.1 Å². The summed E-state index contributed by atoms with van der Waals surface area (Å²) in [6.07, 6.45) is 12.1. The molecule has 8 aromatic carbocycles. The van der Waals surface area contributed by atoms with Gasteiger partial charge in [-0.2, -0.15) is 0 Å². The summed E-state index contributed by atoms with van der Waals surface area (Å²) >= 11 is 38.7. The molecule has 4 amide bonds. The summed E-state index contributed by atoms with van der Waals surface area (Å²) in [4.78, 5) is 79.6. The van der Waals surface area contributed by atoms with Gasteiger partial charge in [-0.1, -0.05) is 148 Å². The normalized spacial score (nSPS) is 10.7. The molecule has 7 heterocycles. The van der Waals surface area contributed by atoms with Crippen LogP contribution in [0.25, 0.3) is 56.4 Å². The van der Waals surface area contributed by atoms with Gasteiger partial charge in [0.25, 0.3) is 23.6 Å². The van der Waals surface area contributed by atoms with E-state index in [0.29, 0.717) is 86.6 Å². The average Bonchev–Trinajstić information content (AvgIpc) is 1.27. The molecule has 0 spiro atoms. The number of pyridine rings is 6. The summed E-state index contributed by atoms with van der Waals surface area (Å²) in [7, 11) is -5.26. The number of hydrogen-bond donors (Lipinski definition) is 6. The average molecular weight is 1770 g/mol. The van der Waals surface area contributed by atoms with Gasteiger partial charge in [-0.25, -0.2) is 26.8 Å². The van der Waals surface area contributed by atoms with E-state index in [-0.39, 0.29) is 43.6 Å². The Hall–Kier alpha value is -12.8. The van der Waals surface area contributed by atoms with Crippen LogP contribution in [0.5, 0.6) is 5.75 Å². The van der Waals surface area contributed by atoms with Gasteiger partial charge < -0.3 is 37.1 Å². The van der Waals surface area contributed by atoms with Gasteiger partial charge in [0, 0.05) is 112 Å². The van der Waals surface area contributed by atoms with E-state index in [2.05, 4.69) is 73.6 Å². The minimum atomic E-state index is -3.46. The Labute approximate surface area is 725 Å². The van der Waals surface area contributed by atoms with Crippen LogP contribution in [0.15, 0.2) is 320 Å². The number of anilines is 6. The first-order valence-electron chi connectivity index (χ1n) is 35.8. The van der Waals surface area contributed by atoms with E-state index in [9.17, 15) is 36.0 Å². The monoisotopic (exact) mass is 1770 g/mol. The number of carbonyl (C=O) groups excluding carboxylic acids is 4. The van der Waals surface area contributed by atoms with E-state index in [1.54, 1.807) is 165 Å². The number of hydrogen-bond acceptors (Lipinski definition) is 19. The number of nitrogens with two attached hydrogens (primary N) is 1. The molecule has 0 radical (unpaired) electrons. The summed E-state index contributed by atoms with van der Waals surface area (Å²) < 4.78 is 52.5. The molecule has 0 fully saturated rings. The summed E-state index contributed by atoms with van der Waals surface area (Å²) in [5.74, 6) is -0.583. The van der Waals surface area contributed by atoms with Crippen molar-refractivity contribution in [2.75, 3.05) is 51.9 Å². The molecule has 31 heteroatoms. The molecule has 7 aromatic heterocycles. The van der Waals surface area contributed by atoms with Crippen molar-refractivity contribution in [1.82, 2.24) is 34.9 Å². The Morgan fingerprint density at radius 1 is 0.375 bits per heavy atom. The van der Waals surface area contributed by atoms with Gasteiger partial charge in [-0.05, 0) is 212 Å². The van der Waals surface area contributed by atoms with Gasteiger partial charge in [-0.15, -0.1) is 0 Å². The van der Waals surface area contributed by atoms with Crippen LogP contribution in [0, 0.1) is 0 Å². The summed E-state index contributed by atoms with van der Waals surface area (Å²) in [5.41, 5.74) is 17.6. The number of amides is 4. The number of carbonyl (C=O) groups is 4. The van der Waals surface area contributed by atoms with Gasteiger partial charge in [0.2, 0.25) is 0 Å². The quantitative estimate of drug-likeness (QED) is 0.0438. The standard InChI is InChI=1S/C19H14Cl2N2O3S.C19H15ClN2O3S.C19H15ClN2O2.C17H13ClN4O.C15H12ClN3S/c1-27(25,26)13-6-8-17(21)15(11-13)19(24)23-12-5-7-16(20)14(10-12)18-4-2-3-9-22-18;1-26(24,25)15-6-4-5-13(11-15)19(23)22-14-8-9-17(20)16(12-14)18-7-2-3-10-21-18;1-24-15-8-5-13(6-9-15)19(23)22-14-7-10-17(20)16(12-14)18-4-2-3-11-21-18;18-14-7-6-11(10-13(14)15-5-1-2-8-20-15)22-17(23)12-4-3-9-21-16(12)19;16-14-13(12-8-4-5-9-17-12)19-15(20-14)18-10-11-6-2-1-3-7-11/h2-11H,1H3,(H,23,24);2-12H,1H3,(H,22,23);2-12H,1H3,(H,22,23);1-10H,(H2,19,21)(H,22,23);1-9H,10H2,(H,18,19). The third-order valence-electron chi connectivity index (χ3n) is 17.0. The predicted molar refractivity (Wildman–Crippen MR) is 480 cm³/mol. The van der Waals surface area contributed by atoms with Crippen molar-refractivity contribution in [3.8, 4) is 62.2 Å². The van der Waals surface area contributed by atoms with E-state index in [0.717, 1.165) is 58.1 Å². The number of thiazole rings is 1. The van der Waals surface area contributed by atoms with Crippen LogP contribution in [-0.2, 0) is 26.2 Å². The maximum atomic E-state index is 12.6. The molecule has 604 valence electrons. The molecule has 0 aliphatic carbocycles. The van der Waals surface area contributed by atoms with Gasteiger partial charge in [0.1, 0.15) is 21.6 Å². The van der Waals surface area contributed by atoms with E-state index in [1.807, 2.05) is 97.1 Å². The first kappa shape index (κ1) is 88.0. The number of halogens is 6. The van der Waals surface area contributed by atoms with Crippen molar-refractivity contribution in [2.45, 2.75) is 16.3 Å². The first-order valence-corrected chi connectivity index (χ1v) is 42.7. The molecule has 0 aliphatic rings. The van der Waals surface area contributed by atoms with Gasteiger partial charge >= 0.3 is 0 Å². The Morgan fingerprint density at radius 3 is 1.18 bits per heavy atom. The van der Waals surface area contributed by atoms with E-state index < -0.39 is 31.5 Å². The van der Waals surface area contributed by atoms with Crippen LogP contribution >= 0.6 is 80.9 Å². The van der Waals surface area contributed by atoms with Crippen LogP contribution in [0.2, 0.25) is 29.4 Å². The highest BCUT2D eigenvalue weighted by Gasteiger charge is 2.20. The predicted octanol–water partition coefficient (Wildman–Crippen LogP) is 21.5. The zero-order valence-electron chi connectivity index (χ0n) is 63.5. The molecule has 15 aromatic rings. The number of methoxy groups -OCH3 is 1. The number of rotatable bonds is 19. The summed E-state index contributed by atoms with van der Waals surface area (Å²) in [6.45, 7) is 0.729. The van der Waals surface area contributed by atoms with E-state index in [1.165, 1.54) is 59.5 Å². The number of benzene rings is 8. The molecule has 15 rings (SSSR count). The fourth-order valence-electron chi connectivity index (χ4n) is 11.0. The maximum absolute atomic E-state index is 12.6. The second-order valence-electron chi connectivity index (χ2n) is 25.5. The third-order valence-corrected chi connectivity index (χ3v) is 22.1. The summed E-state index contributed by atoms with van der Waals surface area (Å²) in [6, 6.07) is 78.6. The molecular formula is C89H69Cl6N13O9S3. The highest BCUT2D eigenvalue weighted by molar-refractivity contribution is 7.91. The molecule has 120 heavy (non-hydrogen) atoms. The molecular weight excluding hydrogens is 1700 g/mol. The SMILES string of the molecule is COc1ccc(C(=O)Nc2ccc(Cl)c(-c3ccccn3)c2)cc1.CS(=O)(=O)c1ccc(Cl)c(C(=O)Nc2ccc(Cl)c(-c3ccccn3)c2)c1.CS(=O)(=O)c1cccc(C(=O)Nc2ccc(Cl)c(-c3ccccn3)c2)c1.Clc1sc(NCc2ccccc2)nc1-c1ccccn1.Nc1ncccc1C(=O)Nc1ccc(Cl)c(-c2ccccn2)c1. The van der Waals surface area contributed by atoms with Gasteiger partial charge in [0.05, 0.1) is 81.6 Å². The molecule has 7 N–H and O–H groups in total. The van der Waals surface area contributed by atoms with Crippen molar-refractivity contribution in [2.24, 2.45) is 0 Å². The van der Waals surface area contributed by atoms with Crippen molar-refractivity contribution in [1.29, 1.82) is 0 Å². The lowest BCUT2D eigenvalue weighted by Crippen LogP contribution is -2.14. The molecule has 22 nitrogen and oxygen atoms in total. The number of nitrogen functional groups attached to an aromatic ring is 1. The minimum absolute atomic E-state index is 0.0160. The number of nitrogens with one attached hydrogen (secondary N) is 5. The van der Waals surface area contributed by atoms with Crippen LogP contribution in [0.4, 0.5) is 33.7 Å². The molecule has 0 unspecified atom stereocenters. The molecule has 0 bridgehead atoms. The largest absolute Gasteiger partial charge is 0.497 e. The Bertz CT molecular complexity index is 6350. The zero-order chi connectivity index (χ0) is 85.3. The second-order valence-corrected chi connectivity index (χ2v) is 33.2. The number of ether oxygens (including phenoxy) is 1. The first-order chi connectivity index (χ1) is 57.7. The van der Waals surface area contributed by atoms with Crippen LogP contribution in [-0.4, -0.2) is 95.0 Å². The summed E-state index contributed by atoms with van der Waals surface area (Å²) in [5, 5.41) is 17.5. The van der Waals surface area contributed by atoms with Crippen LogP contribution in [0.3, 0.4) is 0 Å². The zero-order valence-corrected chi connectivity index (χ0v) is 70.5. The highest BCUT2D eigenvalue weighted by Crippen LogP contribution is 2.37.